The normalized spacial score (nSPS) is 10.9. The summed E-state index contributed by atoms with van der Waals surface area (Å²) in [5.74, 6) is -1.35. The number of aromatic carboxylic acids is 1. The van der Waals surface area contributed by atoms with Crippen LogP contribution < -0.4 is 4.90 Å². The number of carbonyl (C=O) groups is 2. The van der Waals surface area contributed by atoms with Crippen molar-refractivity contribution in [2.75, 3.05) is 4.90 Å². The van der Waals surface area contributed by atoms with E-state index in [-0.39, 0.29) is 16.8 Å². The van der Waals surface area contributed by atoms with E-state index in [0.717, 1.165) is 21.8 Å². The molecule has 0 aliphatic heterocycles. The van der Waals surface area contributed by atoms with Crippen LogP contribution in [0.1, 0.15) is 33.9 Å². The van der Waals surface area contributed by atoms with Gasteiger partial charge in [-0.3, -0.25) is 4.79 Å². The smallest absolute Gasteiger partial charge is 0.348 e. The summed E-state index contributed by atoms with van der Waals surface area (Å²) in [6, 6.07) is 16.0. The molecule has 1 aromatic heterocycles. The van der Waals surface area contributed by atoms with E-state index < -0.39 is 5.97 Å². The van der Waals surface area contributed by atoms with E-state index in [0.29, 0.717) is 20.7 Å². The van der Waals surface area contributed by atoms with Crippen molar-refractivity contribution < 1.29 is 14.7 Å². The second-order valence-corrected chi connectivity index (χ2v) is 8.73. The summed E-state index contributed by atoms with van der Waals surface area (Å²) < 4.78 is 0.561. The van der Waals surface area contributed by atoms with Crippen molar-refractivity contribution in [2.45, 2.75) is 19.9 Å². The fourth-order valence-electron chi connectivity index (χ4n) is 2.87. The predicted octanol–water partition coefficient (Wildman–Crippen LogP) is 6.58. The van der Waals surface area contributed by atoms with Crippen molar-refractivity contribution in [1.29, 1.82) is 0 Å². The third-order valence-corrected chi connectivity index (χ3v) is 6.17. The van der Waals surface area contributed by atoms with Crippen molar-refractivity contribution in [3.8, 4) is 10.4 Å². The van der Waals surface area contributed by atoms with Crippen molar-refractivity contribution in [1.82, 2.24) is 0 Å². The fraction of sp³-hybridized carbons (Fsp3) is 0.143. The molecule has 0 aliphatic carbocycles. The number of carboxylic acids is 1. The van der Waals surface area contributed by atoms with Crippen LogP contribution in [0.25, 0.3) is 10.4 Å². The number of carbonyl (C=O) groups excluding carboxylic acids is 1. The Morgan fingerprint density at radius 2 is 1.79 bits per heavy atom. The summed E-state index contributed by atoms with van der Waals surface area (Å²) in [6.45, 7) is 3.71. The van der Waals surface area contributed by atoms with Gasteiger partial charge in [0.1, 0.15) is 4.88 Å². The van der Waals surface area contributed by atoms with E-state index in [1.807, 2.05) is 44.2 Å². The average molecular weight is 479 g/mol. The van der Waals surface area contributed by atoms with Gasteiger partial charge >= 0.3 is 5.97 Å². The molecule has 0 radical (unpaired) electrons. The highest BCUT2D eigenvalue weighted by molar-refractivity contribution is 9.10. The van der Waals surface area contributed by atoms with Gasteiger partial charge in [-0.05, 0) is 59.6 Å². The van der Waals surface area contributed by atoms with Crippen LogP contribution in [0.15, 0.2) is 59.1 Å². The molecule has 0 spiro atoms. The zero-order valence-electron chi connectivity index (χ0n) is 15.1. The maximum absolute atomic E-state index is 13.3. The molecule has 3 rings (SSSR count). The minimum absolute atomic E-state index is 0.131. The number of nitrogens with zero attached hydrogens (tertiary/aromatic N) is 1. The number of carboxylic acid groups (broad SMARTS) is 1. The molecule has 0 saturated heterocycles. The van der Waals surface area contributed by atoms with Gasteiger partial charge in [-0.1, -0.05) is 41.9 Å². The summed E-state index contributed by atoms with van der Waals surface area (Å²) in [4.78, 5) is 27.7. The van der Waals surface area contributed by atoms with Crippen LogP contribution in [0.5, 0.6) is 0 Å². The number of halogens is 2. The first-order valence-electron chi connectivity index (χ1n) is 8.50. The van der Waals surface area contributed by atoms with E-state index in [1.165, 1.54) is 4.90 Å². The predicted molar refractivity (Wildman–Crippen MR) is 118 cm³/mol. The lowest BCUT2D eigenvalue weighted by Gasteiger charge is -2.27. The monoisotopic (exact) mass is 477 g/mol. The van der Waals surface area contributed by atoms with Crippen LogP contribution in [-0.2, 0) is 0 Å². The lowest BCUT2D eigenvalue weighted by Crippen LogP contribution is -2.37. The molecule has 1 N–H and O–H groups in total. The molecule has 1 amide bonds. The van der Waals surface area contributed by atoms with Crippen LogP contribution >= 0.6 is 38.9 Å². The topological polar surface area (TPSA) is 57.6 Å². The molecule has 0 unspecified atom stereocenters. The summed E-state index contributed by atoms with van der Waals surface area (Å²) in [6.07, 6.45) is 0. The van der Waals surface area contributed by atoms with Gasteiger partial charge in [-0.15, -0.1) is 11.3 Å². The summed E-state index contributed by atoms with van der Waals surface area (Å²) in [5, 5.41) is 10.3. The number of benzene rings is 2. The molecular weight excluding hydrogens is 462 g/mol. The van der Waals surface area contributed by atoms with Gasteiger partial charge in [0.2, 0.25) is 0 Å². The zero-order valence-corrected chi connectivity index (χ0v) is 18.3. The van der Waals surface area contributed by atoms with Crippen LogP contribution in [0.2, 0.25) is 5.02 Å². The van der Waals surface area contributed by atoms with Gasteiger partial charge in [0, 0.05) is 20.4 Å². The van der Waals surface area contributed by atoms with E-state index >= 15 is 0 Å². The molecule has 0 saturated carbocycles. The summed E-state index contributed by atoms with van der Waals surface area (Å²) in [5.41, 5.74) is 1.71. The van der Waals surface area contributed by atoms with E-state index in [9.17, 15) is 14.7 Å². The van der Waals surface area contributed by atoms with E-state index in [4.69, 9.17) is 11.6 Å². The molecule has 0 aliphatic rings. The number of rotatable bonds is 5. The van der Waals surface area contributed by atoms with Crippen molar-refractivity contribution in [2.24, 2.45) is 0 Å². The minimum atomic E-state index is -1.06. The maximum Gasteiger partial charge on any atom is 0.348 e. The van der Waals surface area contributed by atoms with Crippen molar-refractivity contribution in [3.05, 3.63) is 74.5 Å². The summed E-state index contributed by atoms with van der Waals surface area (Å²) in [7, 11) is 0. The molecule has 28 heavy (non-hydrogen) atoms. The zero-order chi connectivity index (χ0) is 20.4. The molecule has 0 atom stereocenters. The van der Waals surface area contributed by atoms with Gasteiger partial charge in [0.05, 0.1) is 11.3 Å². The first kappa shape index (κ1) is 20.6. The molecule has 144 valence electrons. The Morgan fingerprint density at radius 1 is 1.11 bits per heavy atom. The highest BCUT2D eigenvalue weighted by Crippen LogP contribution is 2.38. The molecule has 3 aromatic rings. The van der Waals surface area contributed by atoms with Crippen LogP contribution in [0, 0.1) is 0 Å². The SMILES string of the molecule is CC(C)N(C(=O)c1ccc(Cl)cc1Br)c1cc(-c2ccccc2)sc1C(=O)O. The van der Waals surface area contributed by atoms with Crippen molar-refractivity contribution >= 4 is 56.4 Å². The average Bonchev–Trinajstić information content (AvgIpc) is 3.07. The second kappa shape index (κ2) is 8.47. The number of thiophene rings is 1. The Bertz CT molecular complexity index is 1030. The van der Waals surface area contributed by atoms with Gasteiger partial charge in [0.15, 0.2) is 0 Å². The maximum atomic E-state index is 13.3. The van der Waals surface area contributed by atoms with Crippen molar-refractivity contribution in [3.63, 3.8) is 0 Å². The number of hydrogen-bond donors (Lipinski definition) is 1. The second-order valence-electron chi connectivity index (χ2n) is 6.39. The standard InChI is InChI=1S/C21H17BrClNO3S/c1-12(2)24(20(25)15-9-8-14(23)10-16(15)22)17-11-18(28-19(17)21(26)27)13-6-4-3-5-7-13/h3-12H,1-2H3,(H,26,27). The van der Waals surface area contributed by atoms with Crippen LogP contribution in [0.3, 0.4) is 0 Å². The van der Waals surface area contributed by atoms with E-state index in [2.05, 4.69) is 15.9 Å². The van der Waals surface area contributed by atoms with Crippen LogP contribution in [0.4, 0.5) is 5.69 Å². The van der Waals surface area contributed by atoms with Crippen LogP contribution in [-0.4, -0.2) is 23.0 Å². The summed E-state index contributed by atoms with van der Waals surface area (Å²) >= 11 is 10.5. The lowest BCUT2D eigenvalue weighted by atomic mass is 10.1. The van der Waals surface area contributed by atoms with Gasteiger partial charge in [-0.2, -0.15) is 0 Å². The number of amides is 1. The highest BCUT2D eigenvalue weighted by atomic mass is 79.9. The third-order valence-electron chi connectivity index (χ3n) is 4.12. The van der Waals surface area contributed by atoms with Gasteiger partial charge < -0.3 is 10.0 Å². The Kier molecular flexibility index (Phi) is 6.23. The largest absolute Gasteiger partial charge is 0.477 e. The Labute approximate surface area is 180 Å². The quantitative estimate of drug-likeness (QED) is 0.450. The fourth-order valence-corrected chi connectivity index (χ4v) is 4.72. The third kappa shape index (κ3) is 4.14. The molecular formula is C21H17BrClNO3S. The molecule has 4 nitrogen and oxygen atoms in total. The number of anilines is 1. The van der Waals surface area contributed by atoms with E-state index in [1.54, 1.807) is 24.3 Å². The number of hydrogen-bond acceptors (Lipinski definition) is 3. The molecule has 1 heterocycles. The molecule has 0 bridgehead atoms. The van der Waals surface area contributed by atoms with Gasteiger partial charge in [0.25, 0.3) is 5.91 Å². The first-order chi connectivity index (χ1) is 13.3. The molecule has 7 heteroatoms. The lowest BCUT2D eigenvalue weighted by molar-refractivity contribution is 0.0703. The molecule has 0 fully saturated rings. The Hall–Kier alpha value is -2.15. The van der Waals surface area contributed by atoms with Gasteiger partial charge in [-0.25, -0.2) is 4.79 Å². The first-order valence-corrected chi connectivity index (χ1v) is 10.5. The highest BCUT2D eigenvalue weighted by Gasteiger charge is 2.29. The molecule has 2 aromatic carbocycles. The Morgan fingerprint density at radius 3 is 2.36 bits per heavy atom. The minimum Gasteiger partial charge on any atom is -0.477 e. The Balaban J connectivity index is 2.13.